The third-order valence-corrected chi connectivity index (χ3v) is 3.48. The number of aliphatic carboxylic acids is 1. The topological polar surface area (TPSA) is 66.8 Å². The number of hydrogen-bond acceptors (Lipinski definition) is 3. The first-order valence-electron chi connectivity index (χ1n) is 6.32. The second-order valence-corrected chi connectivity index (χ2v) is 5.63. The normalized spacial score (nSPS) is 21.9. The highest BCUT2D eigenvalue weighted by Gasteiger charge is 2.41. The van der Waals surface area contributed by atoms with Gasteiger partial charge >= 0.3 is 12.1 Å². The monoisotopic (exact) mass is 297 g/mol. The first-order chi connectivity index (χ1) is 9.38. The smallest absolute Gasteiger partial charge is 0.410 e. The summed E-state index contributed by atoms with van der Waals surface area (Å²) in [5.74, 6) is -0.893. The molecule has 1 N–H and O–H groups in total. The number of cyclic esters (lactones) is 1. The molecule has 20 heavy (non-hydrogen) atoms. The molecular formula is C14H16ClNO4. The minimum atomic E-state index is -0.893. The van der Waals surface area contributed by atoms with Gasteiger partial charge in [-0.1, -0.05) is 23.7 Å². The first-order valence-corrected chi connectivity index (χ1v) is 6.70. The summed E-state index contributed by atoms with van der Waals surface area (Å²) in [6.45, 7) is 2.54. The number of nitrogens with zero attached hydrogens (tertiary/aromatic N) is 1. The summed E-state index contributed by atoms with van der Waals surface area (Å²) in [5, 5.41) is 9.33. The molecule has 1 unspecified atom stereocenters. The van der Waals surface area contributed by atoms with E-state index in [2.05, 4.69) is 0 Å². The summed E-state index contributed by atoms with van der Waals surface area (Å²) in [5.41, 5.74) is 0.172. The molecule has 0 aliphatic carbocycles. The van der Waals surface area contributed by atoms with Crippen LogP contribution in [-0.2, 0) is 16.1 Å². The van der Waals surface area contributed by atoms with Gasteiger partial charge in [0.1, 0.15) is 5.60 Å². The molecule has 0 aromatic heterocycles. The van der Waals surface area contributed by atoms with Crippen LogP contribution in [-0.4, -0.2) is 34.2 Å². The Balaban J connectivity index is 2.00. The van der Waals surface area contributed by atoms with Crippen LogP contribution >= 0.6 is 11.6 Å². The largest absolute Gasteiger partial charge is 0.481 e. The van der Waals surface area contributed by atoms with Gasteiger partial charge in [0.2, 0.25) is 0 Å². The average molecular weight is 298 g/mol. The summed E-state index contributed by atoms with van der Waals surface area (Å²) in [7, 11) is 0. The Morgan fingerprint density at radius 1 is 1.55 bits per heavy atom. The van der Waals surface area contributed by atoms with E-state index in [1.807, 2.05) is 12.1 Å². The summed E-state index contributed by atoms with van der Waals surface area (Å²) >= 11 is 5.91. The van der Waals surface area contributed by atoms with Crippen LogP contribution in [0.4, 0.5) is 4.79 Å². The molecule has 1 aliphatic rings. The third-order valence-electron chi connectivity index (χ3n) is 3.25. The predicted octanol–water partition coefficient (Wildman–Crippen LogP) is 2.92. The van der Waals surface area contributed by atoms with E-state index in [0.29, 0.717) is 24.5 Å². The van der Waals surface area contributed by atoms with Crippen LogP contribution in [0.25, 0.3) is 0 Å². The molecule has 1 amide bonds. The molecule has 108 valence electrons. The van der Waals surface area contributed by atoms with E-state index in [4.69, 9.17) is 21.4 Å². The van der Waals surface area contributed by atoms with Crippen LogP contribution in [0.1, 0.15) is 25.3 Å². The average Bonchev–Trinajstić information content (AvgIpc) is 2.63. The zero-order valence-electron chi connectivity index (χ0n) is 11.1. The van der Waals surface area contributed by atoms with Gasteiger partial charge < -0.3 is 9.84 Å². The van der Waals surface area contributed by atoms with Crippen molar-refractivity contribution in [3.05, 3.63) is 34.9 Å². The van der Waals surface area contributed by atoms with Gasteiger partial charge in [0.05, 0.1) is 6.54 Å². The van der Waals surface area contributed by atoms with E-state index in [-0.39, 0.29) is 6.42 Å². The number of amides is 1. The van der Waals surface area contributed by atoms with E-state index in [0.717, 1.165) is 5.56 Å². The maximum Gasteiger partial charge on any atom is 0.410 e. The molecule has 1 saturated heterocycles. The Hall–Kier alpha value is -1.75. The zero-order valence-corrected chi connectivity index (χ0v) is 11.9. The number of carboxylic acid groups (broad SMARTS) is 1. The van der Waals surface area contributed by atoms with Crippen molar-refractivity contribution in [1.82, 2.24) is 4.90 Å². The Morgan fingerprint density at radius 3 is 2.95 bits per heavy atom. The van der Waals surface area contributed by atoms with Gasteiger partial charge in [0.15, 0.2) is 0 Å². The number of hydrogen-bond donors (Lipinski definition) is 1. The van der Waals surface area contributed by atoms with Crippen LogP contribution in [0.3, 0.4) is 0 Å². The Kier molecular flexibility index (Phi) is 4.18. The van der Waals surface area contributed by atoms with Crippen molar-refractivity contribution in [2.45, 2.75) is 31.9 Å². The van der Waals surface area contributed by atoms with Crippen LogP contribution in [0.2, 0.25) is 5.02 Å². The molecule has 2 rings (SSSR count). The molecule has 1 aromatic rings. The van der Waals surface area contributed by atoms with Crippen molar-refractivity contribution in [1.29, 1.82) is 0 Å². The van der Waals surface area contributed by atoms with Gasteiger partial charge in [-0.3, -0.25) is 9.69 Å². The number of halogens is 1. The lowest BCUT2D eigenvalue weighted by molar-refractivity contribution is -0.138. The SMILES string of the molecule is CC1(CCC(=O)O)CN(Cc2cccc(Cl)c2)C(=O)O1. The second kappa shape index (κ2) is 5.71. The summed E-state index contributed by atoms with van der Waals surface area (Å²) in [6.07, 6.45) is -0.132. The van der Waals surface area contributed by atoms with Crippen molar-refractivity contribution >= 4 is 23.7 Å². The fraction of sp³-hybridized carbons (Fsp3) is 0.429. The number of carboxylic acids is 1. The quantitative estimate of drug-likeness (QED) is 0.907. The minimum absolute atomic E-state index is 0.0191. The fourth-order valence-corrected chi connectivity index (χ4v) is 2.47. The van der Waals surface area contributed by atoms with Crippen molar-refractivity contribution in [3.63, 3.8) is 0 Å². The molecule has 0 spiro atoms. The van der Waals surface area contributed by atoms with Crippen molar-refractivity contribution in [2.75, 3.05) is 6.54 Å². The lowest BCUT2D eigenvalue weighted by atomic mass is 10.00. The van der Waals surface area contributed by atoms with Crippen LogP contribution < -0.4 is 0 Å². The maximum absolute atomic E-state index is 11.8. The molecule has 0 radical (unpaired) electrons. The summed E-state index contributed by atoms with van der Waals surface area (Å²) in [6, 6.07) is 7.26. The molecule has 1 aromatic carbocycles. The van der Waals surface area contributed by atoms with Crippen molar-refractivity contribution in [2.24, 2.45) is 0 Å². The predicted molar refractivity (Wildman–Crippen MR) is 73.6 cm³/mol. The van der Waals surface area contributed by atoms with Crippen LogP contribution in [0, 0.1) is 0 Å². The van der Waals surface area contributed by atoms with Crippen molar-refractivity contribution in [3.8, 4) is 0 Å². The lowest BCUT2D eigenvalue weighted by Crippen LogP contribution is -2.31. The first kappa shape index (κ1) is 14.7. The van der Waals surface area contributed by atoms with Gasteiger partial charge in [-0.05, 0) is 31.0 Å². The van der Waals surface area contributed by atoms with Crippen LogP contribution in [0.15, 0.2) is 24.3 Å². The molecule has 1 aliphatic heterocycles. The van der Waals surface area contributed by atoms with Crippen molar-refractivity contribution < 1.29 is 19.4 Å². The molecular weight excluding hydrogens is 282 g/mol. The molecule has 1 fully saturated rings. The molecule has 1 atom stereocenters. The highest BCUT2D eigenvalue weighted by atomic mass is 35.5. The molecule has 5 nitrogen and oxygen atoms in total. The summed E-state index contributed by atoms with van der Waals surface area (Å²) < 4.78 is 5.30. The molecule has 0 bridgehead atoms. The van der Waals surface area contributed by atoms with E-state index >= 15 is 0 Å². The van der Waals surface area contributed by atoms with Gasteiger partial charge in [-0.2, -0.15) is 0 Å². The maximum atomic E-state index is 11.8. The Morgan fingerprint density at radius 2 is 2.30 bits per heavy atom. The molecule has 6 heteroatoms. The Labute approximate surface area is 122 Å². The number of carbonyl (C=O) groups is 2. The highest BCUT2D eigenvalue weighted by Crippen LogP contribution is 2.28. The van der Waals surface area contributed by atoms with Crippen LogP contribution in [0.5, 0.6) is 0 Å². The minimum Gasteiger partial charge on any atom is -0.481 e. The number of ether oxygens (including phenoxy) is 1. The van der Waals surface area contributed by atoms with Gasteiger partial charge in [-0.15, -0.1) is 0 Å². The van der Waals surface area contributed by atoms with E-state index in [1.54, 1.807) is 24.0 Å². The fourth-order valence-electron chi connectivity index (χ4n) is 2.25. The molecule has 0 saturated carbocycles. The lowest BCUT2D eigenvalue weighted by Gasteiger charge is -2.20. The zero-order chi connectivity index (χ0) is 14.8. The van der Waals surface area contributed by atoms with E-state index in [1.165, 1.54) is 0 Å². The Bertz CT molecular complexity index is 534. The summed E-state index contributed by atoms with van der Waals surface area (Å²) in [4.78, 5) is 24.0. The van der Waals surface area contributed by atoms with Gasteiger partial charge in [-0.25, -0.2) is 4.79 Å². The second-order valence-electron chi connectivity index (χ2n) is 5.20. The number of rotatable bonds is 5. The standard InChI is InChI=1S/C14H16ClNO4/c1-14(6-5-12(17)18)9-16(13(19)20-14)8-10-3-2-4-11(15)7-10/h2-4,7H,5-6,8-9H2,1H3,(H,17,18). The van der Waals surface area contributed by atoms with E-state index < -0.39 is 17.7 Å². The molecule has 1 heterocycles. The van der Waals surface area contributed by atoms with Gasteiger partial charge in [0.25, 0.3) is 0 Å². The highest BCUT2D eigenvalue weighted by molar-refractivity contribution is 6.30. The van der Waals surface area contributed by atoms with Gasteiger partial charge in [0, 0.05) is 18.0 Å². The number of carbonyl (C=O) groups excluding carboxylic acids is 1. The third kappa shape index (κ3) is 3.63. The number of benzene rings is 1. The van der Waals surface area contributed by atoms with E-state index in [9.17, 15) is 9.59 Å².